The Morgan fingerprint density at radius 3 is 2.29 bits per heavy atom. The predicted octanol–water partition coefficient (Wildman–Crippen LogP) is 3.44. The van der Waals surface area contributed by atoms with Crippen LogP contribution in [0.1, 0.15) is 50.1 Å². The second-order valence-electron chi connectivity index (χ2n) is 5.98. The SMILES string of the molecule is Cc1nc(SCCCCC(C)(C)C(N)=NO)nc(C)c1C. The Kier molecular flexibility index (Phi) is 6.45. The molecule has 0 bridgehead atoms. The van der Waals surface area contributed by atoms with E-state index in [4.69, 9.17) is 10.9 Å². The van der Waals surface area contributed by atoms with Gasteiger partial charge in [-0.05, 0) is 39.2 Å². The number of hydrogen-bond acceptors (Lipinski definition) is 5. The Morgan fingerprint density at radius 2 is 1.76 bits per heavy atom. The third kappa shape index (κ3) is 5.19. The van der Waals surface area contributed by atoms with Crippen LogP contribution < -0.4 is 5.73 Å². The maximum absolute atomic E-state index is 8.74. The number of nitrogens with two attached hydrogens (primary N) is 1. The molecule has 1 heterocycles. The van der Waals surface area contributed by atoms with Gasteiger partial charge in [-0.25, -0.2) is 9.97 Å². The Morgan fingerprint density at radius 1 is 1.19 bits per heavy atom. The summed E-state index contributed by atoms with van der Waals surface area (Å²) in [5, 5.41) is 12.7. The summed E-state index contributed by atoms with van der Waals surface area (Å²) in [5.41, 5.74) is 8.70. The average molecular weight is 310 g/mol. The highest BCUT2D eigenvalue weighted by molar-refractivity contribution is 7.99. The summed E-state index contributed by atoms with van der Waals surface area (Å²) in [5.74, 6) is 1.28. The molecule has 0 aliphatic heterocycles. The second-order valence-corrected chi connectivity index (χ2v) is 7.04. The molecule has 21 heavy (non-hydrogen) atoms. The van der Waals surface area contributed by atoms with Crippen LogP contribution in [-0.2, 0) is 0 Å². The lowest BCUT2D eigenvalue weighted by Gasteiger charge is -2.22. The minimum atomic E-state index is -0.257. The number of unbranched alkanes of at least 4 members (excludes halogenated alkanes) is 1. The highest BCUT2D eigenvalue weighted by atomic mass is 32.2. The van der Waals surface area contributed by atoms with Gasteiger partial charge in [0.1, 0.15) is 5.84 Å². The van der Waals surface area contributed by atoms with E-state index in [1.54, 1.807) is 11.8 Å². The van der Waals surface area contributed by atoms with Gasteiger partial charge in [-0.1, -0.05) is 37.2 Å². The van der Waals surface area contributed by atoms with Gasteiger partial charge in [0.2, 0.25) is 0 Å². The van der Waals surface area contributed by atoms with E-state index in [1.165, 1.54) is 5.56 Å². The van der Waals surface area contributed by atoms with Crippen molar-refractivity contribution in [3.8, 4) is 0 Å². The zero-order valence-corrected chi connectivity index (χ0v) is 14.4. The number of aromatic nitrogens is 2. The lowest BCUT2D eigenvalue weighted by Crippen LogP contribution is -2.31. The topological polar surface area (TPSA) is 84.4 Å². The van der Waals surface area contributed by atoms with Crippen LogP contribution in [0.3, 0.4) is 0 Å². The Labute approximate surface area is 131 Å². The largest absolute Gasteiger partial charge is 0.409 e. The van der Waals surface area contributed by atoms with Gasteiger partial charge < -0.3 is 10.9 Å². The van der Waals surface area contributed by atoms with Crippen molar-refractivity contribution in [3.05, 3.63) is 17.0 Å². The molecule has 0 spiro atoms. The fraction of sp³-hybridized carbons (Fsp3) is 0.667. The number of aryl methyl sites for hydroxylation is 2. The first-order chi connectivity index (χ1) is 9.77. The maximum Gasteiger partial charge on any atom is 0.187 e. The Hall–Kier alpha value is -1.30. The van der Waals surface area contributed by atoms with E-state index in [1.807, 2.05) is 34.6 Å². The number of oxime groups is 1. The summed E-state index contributed by atoms with van der Waals surface area (Å²) < 4.78 is 0. The molecule has 1 aromatic rings. The van der Waals surface area contributed by atoms with Crippen molar-refractivity contribution in [1.82, 2.24) is 9.97 Å². The van der Waals surface area contributed by atoms with Crippen LogP contribution in [0.25, 0.3) is 0 Å². The standard InChI is InChI=1S/C15H26N4OS/c1-10-11(2)17-14(18-12(10)3)21-9-7-6-8-15(4,5)13(16)19-20/h20H,6-9H2,1-5H3,(H2,16,19). The lowest BCUT2D eigenvalue weighted by molar-refractivity contribution is 0.304. The molecule has 3 N–H and O–H groups in total. The summed E-state index contributed by atoms with van der Waals surface area (Å²) in [6.45, 7) is 10.1. The van der Waals surface area contributed by atoms with E-state index in [0.29, 0.717) is 5.84 Å². The van der Waals surface area contributed by atoms with Gasteiger partial charge in [-0.15, -0.1) is 0 Å². The summed E-state index contributed by atoms with van der Waals surface area (Å²) in [7, 11) is 0. The normalized spacial score (nSPS) is 12.7. The molecule has 0 saturated heterocycles. The van der Waals surface area contributed by atoms with Crippen LogP contribution >= 0.6 is 11.8 Å². The molecule has 1 aromatic heterocycles. The van der Waals surface area contributed by atoms with Crippen molar-refractivity contribution in [2.75, 3.05) is 5.75 Å². The summed E-state index contributed by atoms with van der Waals surface area (Å²) in [6, 6.07) is 0. The van der Waals surface area contributed by atoms with Gasteiger partial charge in [0, 0.05) is 22.6 Å². The summed E-state index contributed by atoms with van der Waals surface area (Å²) in [6.07, 6.45) is 2.98. The third-order valence-electron chi connectivity index (χ3n) is 3.84. The Bertz CT molecular complexity index is 491. The molecule has 0 saturated carbocycles. The first kappa shape index (κ1) is 17.8. The minimum absolute atomic E-state index is 0.257. The van der Waals surface area contributed by atoms with E-state index in [-0.39, 0.29) is 5.41 Å². The molecule has 6 heteroatoms. The number of thioether (sulfide) groups is 1. The third-order valence-corrected chi connectivity index (χ3v) is 4.77. The van der Waals surface area contributed by atoms with Gasteiger partial charge in [-0.3, -0.25) is 0 Å². The molecule has 0 aliphatic rings. The number of hydrogen-bond donors (Lipinski definition) is 2. The van der Waals surface area contributed by atoms with Crippen LogP contribution in [0, 0.1) is 26.2 Å². The van der Waals surface area contributed by atoms with Crippen molar-refractivity contribution >= 4 is 17.6 Å². The fourth-order valence-electron chi connectivity index (χ4n) is 1.90. The van der Waals surface area contributed by atoms with Crippen LogP contribution in [-0.4, -0.2) is 26.8 Å². The van der Waals surface area contributed by atoms with Crippen LogP contribution in [0.5, 0.6) is 0 Å². The van der Waals surface area contributed by atoms with Crippen molar-refractivity contribution < 1.29 is 5.21 Å². The van der Waals surface area contributed by atoms with Gasteiger partial charge in [0.05, 0.1) is 0 Å². The first-order valence-corrected chi connectivity index (χ1v) is 8.19. The zero-order chi connectivity index (χ0) is 16.0. The predicted molar refractivity (Wildman–Crippen MR) is 88.0 cm³/mol. The van der Waals surface area contributed by atoms with Gasteiger partial charge in [0.15, 0.2) is 5.16 Å². The molecule has 0 radical (unpaired) electrons. The molecule has 0 atom stereocenters. The summed E-state index contributed by atoms with van der Waals surface area (Å²) >= 11 is 1.69. The molecule has 0 amide bonds. The average Bonchev–Trinajstić information content (AvgIpc) is 2.43. The van der Waals surface area contributed by atoms with Crippen LogP contribution in [0.2, 0.25) is 0 Å². The molecule has 118 valence electrons. The minimum Gasteiger partial charge on any atom is -0.409 e. The van der Waals surface area contributed by atoms with E-state index in [2.05, 4.69) is 15.1 Å². The molecular formula is C15H26N4OS. The van der Waals surface area contributed by atoms with Crippen molar-refractivity contribution in [3.63, 3.8) is 0 Å². The van der Waals surface area contributed by atoms with Crippen molar-refractivity contribution in [2.45, 2.75) is 59.0 Å². The molecule has 5 nitrogen and oxygen atoms in total. The van der Waals surface area contributed by atoms with Crippen LogP contribution in [0.4, 0.5) is 0 Å². The van der Waals surface area contributed by atoms with E-state index in [0.717, 1.165) is 41.6 Å². The number of rotatable bonds is 7. The highest BCUT2D eigenvalue weighted by Crippen LogP contribution is 2.25. The smallest absolute Gasteiger partial charge is 0.187 e. The quantitative estimate of drug-likeness (QED) is 0.153. The van der Waals surface area contributed by atoms with E-state index >= 15 is 0 Å². The molecule has 0 aromatic carbocycles. The van der Waals surface area contributed by atoms with Gasteiger partial charge >= 0.3 is 0 Å². The number of amidine groups is 1. The van der Waals surface area contributed by atoms with Gasteiger partial charge in [0.25, 0.3) is 0 Å². The summed E-state index contributed by atoms with van der Waals surface area (Å²) in [4.78, 5) is 9.00. The zero-order valence-electron chi connectivity index (χ0n) is 13.6. The van der Waals surface area contributed by atoms with E-state index in [9.17, 15) is 0 Å². The second kappa shape index (κ2) is 7.64. The maximum atomic E-state index is 8.74. The molecular weight excluding hydrogens is 284 g/mol. The van der Waals surface area contributed by atoms with Crippen LogP contribution in [0.15, 0.2) is 10.3 Å². The molecule has 0 unspecified atom stereocenters. The Balaban J connectivity index is 2.39. The fourth-order valence-corrected chi connectivity index (χ4v) is 2.84. The number of nitrogens with zero attached hydrogens (tertiary/aromatic N) is 3. The molecule has 0 aliphatic carbocycles. The molecule has 1 rings (SSSR count). The molecule has 0 fully saturated rings. The lowest BCUT2D eigenvalue weighted by atomic mass is 9.86. The monoisotopic (exact) mass is 310 g/mol. The van der Waals surface area contributed by atoms with Crippen molar-refractivity contribution in [2.24, 2.45) is 16.3 Å². The van der Waals surface area contributed by atoms with Gasteiger partial charge in [-0.2, -0.15) is 0 Å². The first-order valence-electron chi connectivity index (χ1n) is 7.20. The van der Waals surface area contributed by atoms with E-state index < -0.39 is 0 Å². The van der Waals surface area contributed by atoms with Crippen molar-refractivity contribution in [1.29, 1.82) is 0 Å². The highest BCUT2D eigenvalue weighted by Gasteiger charge is 2.22.